The van der Waals surface area contributed by atoms with Gasteiger partial charge in [-0.2, -0.15) is 8.75 Å². The van der Waals surface area contributed by atoms with E-state index < -0.39 is 0 Å². The number of hydrogen-bond donors (Lipinski definition) is 1. The fourth-order valence-corrected chi connectivity index (χ4v) is 5.40. The minimum atomic E-state index is -0.344. The molecule has 144 valence electrons. The molecule has 1 aromatic heterocycles. The summed E-state index contributed by atoms with van der Waals surface area (Å²) >= 11 is 1.09. The van der Waals surface area contributed by atoms with Gasteiger partial charge in [0.25, 0.3) is 5.91 Å². The quantitative estimate of drug-likeness (QED) is 0.834. The van der Waals surface area contributed by atoms with Crippen LogP contribution in [0, 0.1) is 12.3 Å². The van der Waals surface area contributed by atoms with Crippen molar-refractivity contribution >= 4 is 17.6 Å². The van der Waals surface area contributed by atoms with E-state index in [1.165, 1.54) is 0 Å². The number of nitrogens with zero attached hydrogens (tertiary/aromatic N) is 4. The largest absolute Gasteiger partial charge is 0.392 e. The van der Waals surface area contributed by atoms with Crippen LogP contribution in [-0.4, -0.2) is 81.1 Å². The SMILES string of the molecule is Cc1nsnc1C(=O)N1CCC[C@]2(C1)CN(C1CCOCC1)CC[C@H]2O. The number of piperidine rings is 2. The number of rotatable bonds is 2. The van der Waals surface area contributed by atoms with E-state index in [9.17, 15) is 9.90 Å². The highest BCUT2D eigenvalue weighted by molar-refractivity contribution is 6.99. The smallest absolute Gasteiger partial charge is 0.275 e. The Balaban J connectivity index is 1.50. The molecule has 3 saturated heterocycles. The van der Waals surface area contributed by atoms with Gasteiger partial charge >= 0.3 is 0 Å². The van der Waals surface area contributed by atoms with E-state index in [2.05, 4.69) is 13.6 Å². The van der Waals surface area contributed by atoms with Crippen LogP contribution in [0.5, 0.6) is 0 Å². The Hall–Kier alpha value is -1.09. The van der Waals surface area contributed by atoms with E-state index in [4.69, 9.17) is 4.74 Å². The lowest BCUT2D eigenvalue weighted by Gasteiger charge is -2.53. The zero-order chi connectivity index (χ0) is 18.1. The van der Waals surface area contributed by atoms with Crippen molar-refractivity contribution in [1.82, 2.24) is 18.5 Å². The molecule has 0 saturated carbocycles. The molecule has 0 unspecified atom stereocenters. The van der Waals surface area contributed by atoms with Crippen LogP contribution >= 0.6 is 11.7 Å². The molecule has 4 rings (SSSR count). The second kappa shape index (κ2) is 7.50. The van der Waals surface area contributed by atoms with Gasteiger partial charge in [0.2, 0.25) is 0 Å². The molecule has 0 radical (unpaired) electrons. The monoisotopic (exact) mass is 380 g/mol. The Kier molecular flexibility index (Phi) is 5.27. The lowest BCUT2D eigenvalue weighted by Crippen LogP contribution is -2.61. The predicted octanol–water partition coefficient (Wildman–Crippen LogP) is 1.31. The Morgan fingerprint density at radius 2 is 2.04 bits per heavy atom. The van der Waals surface area contributed by atoms with Gasteiger partial charge in [-0.25, -0.2) is 0 Å². The maximum Gasteiger partial charge on any atom is 0.275 e. The first-order chi connectivity index (χ1) is 12.6. The summed E-state index contributed by atoms with van der Waals surface area (Å²) in [6, 6.07) is 0.546. The van der Waals surface area contributed by atoms with Crippen LogP contribution in [0.2, 0.25) is 0 Å². The van der Waals surface area contributed by atoms with Crippen molar-refractivity contribution in [3.05, 3.63) is 11.4 Å². The summed E-state index contributed by atoms with van der Waals surface area (Å²) < 4.78 is 13.8. The Morgan fingerprint density at radius 3 is 2.77 bits per heavy atom. The molecule has 0 bridgehead atoms. The number of ether oxygens (including phenoxy) is 1. The van der Waals surface area contributed by atoms with Gasteiger partial charge in [0, 0.05) is 50.8 Å². The second-order valence-corrected chi connectivity index (χ2v) is 8.54. The van der Waals surface area contributed by atoms with Crippen molar-refractivity contribution in [2.24, 2.45) is 5.41 Å². The molecule has 3 fully saturated rings. The van der Waals surface area contributed by atoms with Crippen LogP contribution in [-0.2, 0) is 4.74 Å². The Morgan fingerprint density at radius 1 is 1.23 bits per heavy atom. The number of hydrogen-bond acceptors (Lipinski definition) is 7. The number of likely N-dealkylation sites (tertiary alicyclic amines) is 2. The molecule has 1 aromatic rings. The Bertz CT molecular complexity index is 648. The van der Waals surface area contributed by atoms with E-state index in [1.54, 1.807) is 0 Å². The van der Waals surface area contributed by atoms with Crippen LogP contribution in [0.15, 0.2) is 0 Å². The normalized spacial score (nSPS) is 31.5. The van der Waals surface area contributed by atoms with Gasteiger partial charge in [-0.15, -0.1) is 0 Å². The third-order valence-corrected chi connectivity index (χ3v) is 6.99. The fourth-order valence-electron chi connectivity index (χ4n) is 4.86. The number of aliphatic hydroxyl groups excluding tert-OH is 1. The molecule has 0 aromatic carbocycles. The number of aryl methyl sites for hydroxylation is 1. The summed E-state index contributed by atoms with van der Waals surface area (Å²) in [6.07, 6.45) is 4.49. The zero-order valence-corrected chi connectivity index (χ0v) is 16.2. The highest BCUT2D eigenvalue weighted by Crippen LogP contribution is 2.40. The van der Waals surface area contributed by atoms with Gasteiger partial charge in [-0.3, -0.25) is 9.69 Å². The minimum Gasteiger partial charge on any atom is -0.392 e. The summed E-state index contributed by atoms with van der Waals surface area (Å²) in [7, 11) is 0. The van der Waals surface area contributed by atoms with Gasteiger partial charge in [0.15, 0.2) is 5.69 Å². The van der Waals surface area contributed by atoms with Crippen molar-refractivity contribution in [2.75, 3.05) is 39.4 Å². The van der Waals surface area contributed by atoms with E-state index in [0.29, 0.717) is 24.0 Å². The summed E-state index contributed by atoms with van der Waals surface area (Å²) in [5, 5.41) is 10.9. The van der Waals surface area contributed by atoms with E-state index in [0.717, 1.165) is 76.7 Å². The van der Waals surface area contributed by atoms with Crippen LogP contribution in [0.25, 0.3) is 0 Å². The molecule has 4 heterocycles. The fraction of sp³-hybridized carbons (Fsp3) is 0.833. The molecule has 1 N–H and O–H groups in total. The highest BCUT2D eigenvalue weighted by atomic mass is 32.1. The molecule has 0 aliphatic carbocycles. The molecule has 3 aliphatic rings. The van der Waals surface area contributed by atoms with Crippen LogP contribution < -0.4 is 0 Å². The third kappa shape index (κ3) is 3.40. The summed E-state index contributed by atoms with van der Waals surface area (Å²) in [4.78, 5) is 17.3. The average molecular weight is 381 g/mol. The first-order valence-corrected chi connectivity index (χ1v) is 10.4. The lowest BCUT2D eigenvalue weighted by atomic mass is 9.71. The van der Waals surface area contributed by atoms with Crippen LogP contribution in [0.3, 0.4) is 0 Å². The van der Waals surface area contributed by atoms with E-state index in [1.807, 2.05) is 11.8 Å². The molecular formula is C18H28N4O3S. The van der Waals surface area contributed by atoms with Crippen molar-refractivity contribution < 1.29 is 14.6 Å². The molecule has 3 aliphatic heterocycles. The molecule has 8 heteroatoms. The number of amides is 1. The first-order valence-electron chi connectivity index (χ1n) is 9.67. The van der Waals surface area contributed by atoms with E-state index >= 15 is 0 Å². The standard InChI is InChI=1S/C18H28N4O3S/c1-13-16(20-26-19-13)17(24)22-7-2-6-18(12-22)11-21(8-3-15(18)23)14-4-9-25-10-5-14/h14-15,23H,2-12H2,1H3/t15-,18-/m1/s1. The lowest BCUT2D eigenvalue weighted by molar-refractivity contribution is -0.0971. The average Bonchev–Trinajstić information content (AvgIpc) is 3.10. The summed E-state index contributed by atoms with van der Waals surface area (Å²) in [5.41, 5.74) is 0.952. The number of carbonyl (C=O) groups is 1. The molecule has 26 heavy (non-hydrogen) atoms. The third-order valence-electron chi connectivity index (χ3n) is 6.37. The van der Waals surface area contributed by atoms with Crippen LogP contribution in [0.4, 0.5) is 0 Å². The van der Waals surface area contributed by atoms with Crippen molar-refractivity contribution in [3.63, 3.8) is 0 Å². The predicted molar refractivity (Wildman–Crippen MR) is 98.3 cm³/mol. The van der Waals surface area contributed by atoms with Gasteiger partial charge in [0.05, 0.1) is 23.5 Å². The molecule has 2 atom stereocenters. The number of aromatic nitrogens is 2. The number of aliphatic hydroxyl groups is 1. The summed E-state index contributed by atoms with van der Waals surface area (Å²) in [5.74, 6) is -0.0364. The first kappa shape index (κ1) is 18.3. The van der Waals surface area contributed by atoms with Crippen molar-refractivity contribution in [1.29, 1.82) is 0 Å². The minimum absolute atomic E-state index is 0.0364. The van der Waals surface area contributed by atoms with Gasteiger partial charge in [-0.1, -0.05) is 0 Å². The zero-order valence-electron chi connectivity index (χ0n) is 15.4. The molecule has 1 amide bonds. The topological polar surface area (TPSA) is 78.8 Å². The van der Waals surface area contributed by atoms with Crippen LogP contribution in [0.1, 0.15) is 48.3 Å². The molecule has 1 spiro atoms. The van der Waals surface area contributed by atoms with Crippen molar-refractivity contribution in [2.45, 2.75) is 51.2 Å². The molecular weight excluding hydrogens is 352 g/mol. The van der Waals surface area contributed by atoms with E-state index in [-0.39, 0.29) is 17.4 Å². The Labute approximate surface area is 158 Å². The summed E-state index contributed by atoms with van der Waals surface area (Å²) in [6.45, 7) is 6.66. The maximum atomic E-state index is 12.9. The maximum absolute atomic E-state index is 12.9. The molecule has 7 nitrogen and oxygen atoms in total. The van der Waals surface area contributed by atoms with Gasteiger partial charge in [0.1, 0.15) is 0 Å². The van der Waals surface area contributed by atoms with Gasteiger partial charge < -0.3 is 14.7 Å². The highest BCUT2D eigenvalue weighted by Gasteiger charge is 2.47. The van der Waals surface area contributed by atoms with Crippen molar-refractivity contribution in [3.8, 4) is 0 Å². The van der Waals surface area contributed by atoms with Gasteiger partial charge in [-0.05, 0) is 39.0 Å². The number of carbonyl (C=O) groups excluding carboxylic acids is 1. The second-order valence-electron chi connectivity index (χ2n) is 8.01.